The van der Waals surface area contributed by atoms with E-state index in [2.05, 4.69) is 26.4 Å². The summed E-state index contributed by atoms with van der Waals surface area (Å²) in [6, 6.07) is 5.62. The fourth-order valence-corrected chi connectivity index (χ4v) is 3.66. The Hall–Kier alpha value is -1.38. The second-order valence-corrected chi connectivity index (χ2v) is 7.26. The van der Waals surface area contributed by atoms with Gasteiger partial charge in [0, 0.05) is 26.9 Å². The number of aryl methyl sites for hydroxylation is 1. The maximum absolute atomic E-state index is 11.8. The van der Waals surface area contributed by atoms with Gasteiger partial charge >= 0.3 is 0 Å². The predicted molar refractivity (Wildman–Crippen MR) is 76.4 cm³/mol. The van der Waals surface area contributed by atoms with E-state index in [-0.39, 0.29) is 15.1 Å². The van der Waals surface area contributed by atoms with Gasteiger partial charge in [-0.25, -0.2) is 8.42 Å². The molecule has 1 N–H and O–H groups in total. The smallest absolute Gasteiger partial charge is 0.294 e. The number of rotatable bonds is 3. The van der Waals surface area contributed by atoms with E-state index in [1.807, 2.05) is 0 Å². The Morgan fingerprint density at radius 1 is 1.40 bits per heavy atom. The van der Waals surface area contributed by atoms with Crippen LogP contribution in [0.5, 0.6) is 0 Å². The normalized spacial score (nSPS) is 11.3. The van der Waals surface area contributed by atoms with E-state index in [0.29, 0.717) is 11.4 Å². The Balaban J connectivity index is 2.23. The van der Waals surface area contributed by atoms with Crippen molar-refractivity contribution in [2.24, 2.45) is 0 Å². The molecule has 1 amide bonds. The minimum absolute atomic E-state index is 0.0627. The molecule has 0 aliphatic rings. The number of nitrogens with zero attached hydrogens (tertiary/aromatic N) is 1. The topological polar surface area (TPSA) is 89.3 Å². The molecule has 1 heterocycles. The van der Waals surface area contributed by atoms with Crippen molar-refractivity contribution in [3.05, 3.63) is 40.2 Å². The highest BCUT2D eigenvalue weighted by molar-refractivity contribution is 9.10. The first-order valence-corrected chi connectivity index (χ1v) is 8.36. The Morgan fingerprint density at radius 3 is 2.60 bits per heavy atom. The zero-order valence-electron chi connectivity index (χ0n) is 10.1. The fourth-order valence-electron chi connectivity index (χ4n) is 1.44. The predicted octanol–water partition coefficient (Wildman–Crippen LogP) is 2.93. The number of carbonyl (C=O) groups is 1. The van der Waals surface area contributed by atoms with Crippen LogP contribution in [0.15, 0.2) is 38.2 Å². The van der Waals surface area contributed by atoms with Gasteiger partial charge in [0.2, 0.25) is 5.76 Å². The van der Waals surface area contributed by atoms with E-state index in [1.165, 1.54) is 24.3 Å². The minimum Gasteiger partial charge on any atom is -0.351 e. The zero-order valence-corrected chi connectivity index (χ0v) is 13.2. The van der Waals surface area contributed by atoms with Crippen molar-refractivity contribution < 1.29 is 17.7 Å². The van der Waals surface area contributed by atoms with Gasteiger partial charge < -0.3 is 9.84 Å². The van der Waals surface area contributed by atoms with Crippen molar-refractivity contribution in [3.8, 4) is 0 Å². The van der Waals surface area contributed by atoms with Crippen LogP contribution in [0.4, 0.5) is 5.69 Å². The number of hydrogen-bond acceptors (Lipinski definition) is 5. The molecule has 106 valence electrons. The summed E-state index contributed by atoms with van der Waals surface area (Å²) in [5, 5.41) is 6.15. The highest BCUT2D eigenvalue weighted by atomic mass is 79.9. The first kappa shape index (κ1) is 15.0. The molecule has 0 bridgehead atoms. The molecule has 0 radical (unpaired) electrons. The maximum atomic E-state index is 11.8. The van der Waals surface area contributed by atoms with Gasteiger partial charge in [0.1, 0.15) is 0 Å². The SMILES string of the molecule is Cc1cc(C(=O)Nc2ccc(S(=O)(=O)Cl)c(Br)c2)on1. The van der Waals surface area contributed by atoms with Crippen molar-refractivity contribution in [2.75, 3.05) is 5.32 Å². The van der Waals surface area contributed by atoms with Gasteiger partial charge in [0.25, 0.3) is 15.0 Å². The fraction of sp³-hybridized carbons (Fsp3) is 0.0909. The molecule has 0 saturated heterocycles. The van der Waals surface area contributed by atoms with E-state index >= 15 is 0 Å². The number of anilines is 1. The molecule has 0 spiro atoms. The molecule has 0 unspecified atom stereocenters. The summed E-state index contributed by atoms with van der Waals surface area (Å²) in [5.41, 5.74) is 0.972. The van der Waals surface area contributed by atoms with Crippen LogP contribution in [-0.2, 0) is 9.05 Å². The van der Waals surface area contributed by atoms with E-state index in [9.17, 15) is 13.2 Å². The molecule has 6 nitrogen and oxygen atoms in total. The van der Waals surface area contributed by atoms with Crippen LogP contribution in [0.3, 0.4) is 0 Å². The van der Waals surface area contributed by atoms with E-state index in [0.717, 1.165) is 0 Å². The Bertz CT molecular complexity index is 772. The second-order valence-electron chi connectivity index (χ2n) is 3.87. The van der Waals surface area contributed by atoms with E-state index < -0.39 is 15.0 Å². The second kappa shape index (κ2) is 5.55. The first-order chi connectivity index (χ1) is 9.27. The Kier molecular flexibility index (Phi) is 4.17. The van der Waals surface area contributed by atoms with Gasteiger partial charge in [-0.3, -0.25) is 4.79 Å². The lowest BCUT2D eigenvalue weighted by atomic mass is 10.3. The zero-order chi connectivity index (χ0) is 14.9. The third-order valence-electron chi connectivity index (χ3n) is 2.30. The molecule has 0 saturated carbocycles. The van der Waals surface area contributed by atoms with Crippen LogP contribution in [-0.4, -0.2) is 19.5 Å². The molecule has 0 aliphatic heterocycles. The Morgan fingerprint density at radius 2 is 2.10 bits per heavy atom. The quantitative estimate of drug-likeness (QED) is 0.828. The molecule has 0 atom stereocenters. The average molecular weight is 380 g/mol. The summed E-state index contributed by atoms with van der Waals surface area (Å²) < 4.78 is 27.5. The molecular weight excluding hydrogens is 372 g/mol. The lowest BCUT2D eigenvalue weighted by Crippen LogP contribution is -2.11. The minimum atomic E-state index is -3.84. The molecule has 20 heavy (non-hydrogen) atoms. The van der Waals surface area contributed by atoms with Crippen LogP contribution in [0.2, 0.25) is 0 Å². The lowest BCUT2D eigenvalue weighted by Gasteiger charge is -2.05. The summed E-state index contributed by atoms with van der Waals surface area (Å²) in [4.78, 5) is 11.7. The maximum Gasteiger partial charge on any atom is 0.294 e. The van der Waals surface area contributed by atoms with E-state index in [4.69, 9.17) is 15.2 Å². The van der Waals surface area contributed by atoms with Crippen LogP contribution >= 0.6 is 26.6 Å². The monoisotopic (exact) mass is 378 g/mol. The molecule has 9 heteroatoms. The summed E-state index contributed by atoms with van der Waals surface area (Å²) in [6.45, 7) is 1.69. The summed E-state index contributed by atoms with van der Waals surface area (Å²) in [5.74, 6) is -0.424. The first-order valence-electron chi connectivity index (χ1n) is 5.26. The highest BCUT2D eigenvalue weighted by Gasteiger charge is 2.16. The van der Waals surface area contributed by atoms with Gasteiger partial charge in [-0.15, -0.1) is 0 Å². The third-order valence-corrected chi connectivity index (χ3v) is 4.60. The number of carbonyl (C=O) groups excluding carboxylic acids is 1. The van der Waals surface area contributed by atoms with Crippen LogP contribution in [0.1, 0.15) is 16.2 Å². The van der Waals surface area contributed by atoms with Gasteiger partial charge in [0.05, 0.1) is 10.6 Å². The van der Waals surface area contributed by atoms with Crippen molar-refractivity contribution in [1.82, 2.24) is 5.16 Å². The number of halogens is 2. The van der Waals surface area contributed by atoms with Crippen molar-refractivity contribution in [3.63, 3.8) is 0 Å². The molecule has 1 aromatic carbocycles. The third kappa shape index (κ3) is 3.38. The van der Waals surface area contributed by atoms with Crippen LogP contribution in [0.25, 0.3) is 0 Å². The van der Waals surface area contributed by atoms with Gasteiger partial charge in [0.15, 0.2) is 0 Å². The molecule has 0 fully saturated rings. The number of amides is 1. The standard InChI is InChI=1S/C11H8BrClN2O4S/c1-6-4-9(19-15-6)11(16)14-7-2-3-10(8(12)5-7)20(13,17)18/h2-5H,1H3,(H,14,16). The number of hydrogen-bond donors (Lipinski definition) is 1. The number of benzene rings is 1. The summed E-state index contributed by atoms with van der Waals surface area (Å²) >= 11 is 3.08. The van der Waals surface area contributed by atoms with E-state index in [1.54, 1.807) is 6.92 Å². The van der Waals surface area contributed by atoms with Gasteiger partial charge in [-0.05, 0) is 41.1 Å². The van der Waals surface area contributed by atoms with Crippen LogP contribution in [0, 0.1) is 6.92 Å². The average Bonchev–Trinajstić information content (AvgIpc) is 2.74. The number of nitrogens with one attached hydrogen (secondary N) is 1. The summed E-state index contributed by atoms with van der Waals surface area (Å²) in [6.07, 6.45) is 0. The Labute approximate surface area is 127 Å². The van der Waals surface area contributed by atoms with Crippen LogP contribution < -0.4 is 5.32 Å². The highest BCUT2D eigenvalue weighted by Crippen LogP contribution is 2.28. The number of aromatic nitrogens is 1. The molecular formula is C11H8BrClN2O4S. The van der Waals surface area contributed by atoms with Crippen molar-refractivity contribution >= 4 is 47.3 Å². The molecule has 0 aliphatic carbocycles. The largest absolute Gasteiger partial charge is 0.351 e. The molecule has 2 rings (SSSR count). The van der Waals surface area contributed by atoms with Gasteiger partial charge in [-0.1, -0.05) is 5.16 Å². The molecule has 2 aromatic rings. The molecule has 1 aromatic heterocycles. The van der Waals surface area contributed by atoms with Crippen molar-refractivity contribution in [2.45, 2.75) is 11.8 Å². The lowest BCUT2D eigenvalue weighted by molar-refractivity contribution is 0.0988. The van der Waals surface area contributed by atoms with Gasteiger partial charge in [-0.2, -0.15) is 0 Å². The summed E-state index contributed by atoms with van der Waals surface area (Å²) in [7, 11) is 1.41. The van der Waals surface area contributed by atoms with Crippen molar-refractivity contribution in [1.29, 1.82) is 0 Å².